The first-order chi connectivity index (χ1) is 10.4. The van der Waals surface area contributed by atoms with Crippen LogP contribution in [0, 0.1) is 0 Å². The monoisotopic (exact) mass is 280 g/mol. The maximum absolute atomic E-state index is 5.97. The van der Waals surface area contributed by atoms with Gasteiger partial charge in [-0.3, -0.25) is 0 Å². The maximum atomic E-state index is 5.97. The van der Waals surface area contributed by atoms with Crippen LogP contribution in [0.5, 0.6) is 0 Å². The summed E-state index contributed by atoms with van der Waals surface area (Å²) in [6, 6.07) is 20.2. The largest absolute Gasteiger partial charge is 0.329 e. The van der Waals surface area contributed by atoms with Gasteiger partial charge in [0.2, 0.25) is 0 Å². The zero-order valence-corrected chi connectivity index (χ0v) is 12.5. The van der Waals surface area contributed by atoms with Gasteiger partial charge in [-0.05, 0) is 29.5 Å². The second-order valence-corrected chi connectivity index (χ2v) is 5.92. The first-order valence-electron chi connectivity index (χ1n) is 7.98. The molecule has 0 aliphatic heterocycles. The van der Waals surface area contributed by atoms with Gasteiger partial charge >= 0.3 is 0 Å². The number of benzene rings is 2. The van der Waals surface area contributed by atoms with E-state index in [0.29, 0.717) is 12.6 Å². The van der Waals surface area contributed by atoms with Gasteiger partial charge in [0.15, 0.2) is 0 Å². The van der Waals surface area contributed by atoms with Gasteiger partial charge < -0.3 is 11.1 Å². The summed E-state index contributed by atoms with van der Waals surface area (Å²) in [6.45, 7) is 0.654. The highest BCUT2D eigenvalue weighted by Gasteiger charge is 2.19. The molecule has 3 rings (SSSR count). The molecule has 1 aliphatic rings. The van der Waals surface area contributed by atoms with Crippen LogP contribution in [-0.4, -0.2) is 12.6 Å². The molecule has 0 saturated heterocycles. The lowest BCUT2D eigenvalue weighted by molar-refractivity contribution is 0.444. The van der Waals surface area contributed by atoms with E-state index >= 15 is 0 Å². The van der Waals surface area contributed by atoms with Crippen LogP contribution in [0.2, 0.25) is 0 Å². The Bertz CT molecular complexity index is 542. The quantitative estimate of drug-likeness (QED) is 0.872. The Morgan fingerprint density at radius 2 is 1.52 bits per heavy atom. The van der Waals surface area contributed by atoms with Gasteiger partial charge in [0.05, 0.1) is 0 Å². The molecule has 2 aromatic carbocycles. The van der Waals surface area contributed by atoms with Gasteiger partial charge in [0.1, 0.15) is 0 Å². The normalized spacial score (nSPS) is 17.0. The Morgan fingerprint density at radius 3 is 2.14 bits per heavy atom. The molecule has 1 saturated carbocycles. The summed E-state index contributed by atoms with van der Waals surface area (Å²) < 4.78 is 0. The molecule has 1 atom stereocenters. The van der Waals surface area contributed by atoms with E-state index in [4.69, 9.17) is 5.73 Å². The molecule has 2 nitrogen and oxygen atoms in total. The van der Waals surface area contributed by atoms with Crippen molar-refractivity contribution in [1.29, 1.82) is 0 Å². The highest BCUT2D eigenvalue weighted by Crippen LogP contribution is 2.24. The molecule has 1 aliphatic carbocycles. The van der Waals surface area contributed by atoms with Crippen LogP contribution in [-0.2, 0) is 0 Å². The predicted octanol–water partition coefficient (Wildman–Crippen LogP) is 3.89. The minimum Gasteiger partial charge on any atom is -0.329 e. The Hall–Kier alpha value is -1.64. The van der Waals surface area contributed by atoms with Crippen LogP contribution in [0.3, 0.4) is 0 Å². The lowest BCUT2D eigenvalue weighted by Gasteiger charge is -2.22. The lowest BCUT2D eigenvalue weighted by Crippen LogP contribution is -2.35. The van der Waals surface area contributed by atoms with Crippen molar-refractivity contribution in [2.24, 2.45) is 5.73 Å². The molecule has 0 heterocycles. The third-order valence-electron chi connectivity index (χ3n) is 4.45. The number of hydrogen-bond donors (Lipinski definition) is 2. The molecule has 2 heteroatoms. The number of nitrogens with one attached hydrogen (secondary N) is 1. The fourth-order valence-electron chi connectivity index (χ4n) is 3.22. The first kappa shape index (κ1) is 14.3. The van der Waals surface area contributed by atoms with Crippen LogP contribution < -0.4 is 11.1 Å². The fraction of sp³-hybridized carbons (Fsp3) is 0.368. The van der Waals surface area contributed by atoms with Gasteiger partial charge in [-0.25, -0.2) is 0 Å². The summed E-state index contributed by atoms with van der Waals surface area (Å²) in [5.41, 5.74) is 9.79. The number of nitrogens with two attached hydrogens (primary N) is 1. The smallest absolute Gasteiger partial charge is 0.0446 e. The van der Waals surface area contributed by atoms with Crippen molar-refractivity contribution in [3.05, 3.63) is 60.2 Å². The molecule has 0 amide bonds. The Balaban J connectivity index is 1.72. The van der Waals surface area contributed by atoms with E-state index in [9.17, 15) is 0 Å². The van der Waals surface area contributed by atoms with Crippen molar-refractivity contribution in [2.45, 2.75) is 37.8 Å². The fourth-order valence-corrected chi connectivity index (χ4v) is 3.22. The van der Waals surface area contributed by atoms with Crippen LogP contribution in [0.4, 0.5) is 0 Å². The summed E-state index contributed by atoms with van der Waals surface area (Å²) in [7, 11) is 0. The average Bonchev–Trinajstić information content (AvgIpc) is 3.07. The maximum Gasteiger partial charge on any atom is 0.0446 e. The highest BCUT2D eigenvalue weighted by molar-refractivity contribution is 5.63. The average molecular weight is 280 g/mol. The highest BCUT2D eigenvalue weighted by atomic mass is 15.0. The van der Waals surface area contributed by atoms with Gasteiger partial charge in [0.25, 0.3) is 0 Å². The van der Waals surface area contributed by atoms with Crippen LogP contribution in [0.1, 0.15) is 37.3 Å². The van der Waals surface area contributed by atoms with Crippen molar-refractivity contribution in [1.82, 2.24) is 5.32 Å². The molecule has 110 valence electrons. The summed E-state index contributed by atoms with van der Waals surface area (Å²) in [5, 5.41) is 3.72. The lowest BCUT2D eigenvalue weighted by atomic mass is 10.00. The SMILES string of the molecule is NCC(NC1CCCC1)c1ccc(-c2ccccc2)cc1. The molecule has 2 aromatic rings. The topological polar surface area (TPSA) is 38.0 Å². The molecule has 0 radical (unpaired) electrons. The minimum atomic E-state index is 0.276. The van der Waals surface area contributed by atoms with E-state index in [0.717, 1.165) is 0 Å². The van der Waals surface area contributed by atoms with E-state index in [1.54, 1.807) is 0 Å². The van der Waals surface area contributed by atoms with Crippen molar-refractivity contribution < 1.29 is 0 Å². The Morgan fingerprint density at radius 1 is 0.905 bits per heavy atom. The summed E-state index contributed by atoms with van der Waals surface area (Å²) >= 11 is 0. The van der Waals surface area contributed by atoms with Crippen LogP contribution in [0.15, 0.2) is 54.6 Å². The van der Waals surface area contributed by atoms with Gasteiger partial charge in [-0.15, -0.1) is 0 Å². The molecule has 1 unspecified atom stereocenters. The third-order valence-corrected chi connectivity index (χ3v) is 4.45. The zero-order chi connectivity index (χ0) is 14.5. The number of rotatable bonds is 5. The Labute approximate surface area is 127 Å². The van der Waals surface area contributed by atoms with E-state index in [2.05, 4.69) is 53.8 Å². The number of hydrogen-bond acceptors (Lipinski definition) is 2. The molecule has 21 heavy (non-hydrogen) atoms. The summed E-state index contributed by atoms with van der Waals surface area (Å²) in [6.07, 6.45) is 5.28. The summed E-state index contributed by atoms with van der Waals surface area (Å²) in [4.78, 5) is 0. The van der Waals surface area contributed by atoms with Gasteiger partial charge in [-0.2, -0.15) is 0 Å². The van der Waals surface area contributed by atoms with Crippen molar-refractivity contribution in [3.63, 3.8) is 0 Å². The first-order valence-corrected chi connectivity index (χ1v) is 7.98. The molecule has 1 fully saturated rings. The predicted molar refractivity (Wildman–Crippen MR) is 89.1 cm³/mol. The van der Waals surface area contributed by atoms with Crippen molar-refractivity contribution >= 4 is 0 Å². The second kappa shape index (κ2) is 6.88. The van der Waals surface area contributed by atoms with Crippen LogP contribution in [0.25, 0.3) is 11.1 Å². The van der Waals surface area contributed by atoms with E-state index in [1.807, 2.05) is 6.07 Å². The molecule has 0 aromatic heterocycles. The molecule has 3 N–H and O–H groups in total. The molecule has 0 spiro atoms. The zero-order valence-electron chi connectivity index (χ0n) is 12.5. The van der Waals surface area contributed by atoms with E-state index in [1.165, 1.54) is 42.4 Å². The van der Waals surface area contributed by atoms with Gasteiger partial charge in [0, 0.05) is 18.6 Å². The standard InChI is InChI=1S/C19H24N2/c20-14-19(21-18-8-4-5-9-18)17-12-10-16(11-13-17)15-6-2-1-3-7-15/h1-3,6-7,10-13,18-19,21H,4-5,8-9,14,20H2. The van der Waals surface area contributed by atoms with Crippen molar-refractivity contribution in [2.75, 3.05) is 6.54 Å². The van der Waals surface area contributed by atoms with Gasteiger partial charge in [-0.1, -0.05) is 67.4 Å². The van der Waals surface area contributed by atoms with E-state index in [-0.39, 0.29) is 6.04 Å². The summed E-state index contributed by atoms with van der Waals surface area (Å²) in [5.74, 6) is 0. The molecular weight excluding hydrogens is 256 g/mol. The van der Waals surface area contributed by atoms with Crippen LogP contribution >= 0.6 is 0 Å². The Kier molecular flexibility index (Phi) is 4.69. The minimum absolute atomic E-state index is 0.276. The van der Waals surface area contributed by atoms with E-state index < -0.39 is 0 Å². The molecular formula is C19H24N2. The second-order valence-electron chi connectivity index (χ2n) is 5.92. The molecule has 0 bridgehead atoms. The third kappa shape index (κ3) is 3.52. The van der Waals surface area contributed by atoms with Crippen molar-refractivity contribution in [3.8, 4) is 11.1 Å².